The Labute approximate surface area is 194 Å². The number of hydrogen-bond acceptors (Lipinski definition) is 6. The lowest BCUT2D eigenvalue weighted by Gasteiger charge is -2.20. The number of carboxylic acid groups (broad SMARTS) is 1. The molecule has 0 saturated heterocycles. The number of ether oxygens (including phenoxy) is 1. The van der Waals surface area contributed by atoms with Gasteiger partial charge in [0.2, 0.25) is 0 Å². The Bertz CT molecular complexity index is 1120. The summed E-state index contributed by atoms with van der Waals surface area (Å²) in [5, 5.41) is 12.4. The molecule has 0 aliphatic carbocycles. The van der Waals surface area contributed by atoms with Gasteiger partial charge in [0.1, 0.15) is 18.1 Å². The van der Waals surface area contributed by atoms with Crippen LogP contribution in [0.1, 0.15) is 29.4 Å². The van der Waals surface area contributed by atoms with E-state index in [0.29, 0.717) is 29.2 Å². The SMILES string of the molecule is CCOc1nc(C(=O)N[C@H](Cc2ccc(-c3cc(Cl)ccc3F)cc2)C[C@@H](N)C(=O)O)co1. The number of oxazole rings is 1. The lowest BCUT2D eigenvalue weighted by atomic mass is 9.97. The Kier molecular flexibility index (Phi) is 8.02. The van der Waals surface area contributed by atoms with E-state index in [4.69, 9.17) is 26.5 Å². The summed E-state index contributed by atoms with van der Waals surface area (Å²) in [5.74, 6) is -2.13. The maximum atomic E-state index is 14.1. The fourth-order valence-electron chi connectivity index (χ4n) is 3.23. The van der Waals surface area contributed by atoms with E-state index in [9.17, 15) is 19.1 Å². The van der Waals surface area contributed by atoms with E-state index >= 15 is 0 Å². The Morgan fingerprint density at radius 1 is 1.27 bits per heavy atom. The third-order valence-electron chi connectivity index (χ3n) is 4.85. The predicted molar refractivity (Wildman–Crippen MR) is 120 cm³/mol. The molecule has 10 heteroatoms. The second-order valence-corrected chi connectivity index (χ2v) is 7.74. The number of carbonyl (C=O) groups is 2. The predicted octanol–water partition coefficient (Wildman–Crippen LogP) is 3.68. The number of hydrogen-bond donors (Lipinski definition) is 3. The van der Waals surface area contributed by atoms with Crippen molar-refractivity contribution in [3.05, 3.63) is 70.8 Å². The maximum Gasteiger partial charge on any atom is 0.394 e. The molecule has 2 aromatic carbocycles. The number of aliphatic carboxylic acids is 1. The number of aromatic nitrogens is 1. The van der Waals surface area contributed by atoms with E-state index in [1.807, 2.05) is 0 Å². The van der Waals surface area contributed by atoms with Gasteiger partial charge in [0.15, 0.2) is 5.69 Å². The zero-order valence-corrected chi connectivity index (χ0v) is 18.5. The molecule has 0 aliphatic rings. The molecule has 3 aromatic rings. The second kappa shape index (κ2) is 10.9. The standard InChI is InChI=1S/C23H23ClFN3O5/c1-2-32-23-28-20(12-33-23)21(29)27-16(11-19(26)22(30)31)9-13-3-5-14(6-4-13)17-10-15(24)7-8-18(17)25/h3-8,10,12,16,19H,2,9,11,26H2,1H3,(H,27,29)(H,30,31)/t16-,19-/m1/s1. The first kappa shape index (κ1) is 24.2. The molecule has 0 saturated carbocycles. The first-order valence-electron chi connectivity index (χ1n) is 10.2. The third-order valence-corrected chi connectivity index (χ3v) is 5.08. The monoisotopic (exact) mass is 475 g/mol. The summed E-state index contributed by atoms with van der Waals surface area (Å²) in [6.07, 6.45) is 1.40. The van der Waals surface area contributed by atoms with Gasteiger partial charge in [-0.3, -0.25) is 9.59 Å². The number of carbonyl (C=O) groups excluding carboxylic acids is 1. The van der Waals surface area contributed by atoms with Gasteiger partial charge in [0.05, 0.1) is 6.61 Å². The van der Waals surface area contributed by atoms with E-state index in [0.717, 1.165) is 11.8 Å². The lowest BCUT2D eigenvalue weighted by molar-refractivity contribution is -0.138. The molecule has 0 bridgehead atoms. The van der Waals surface area contributed by atoms with Crippen LogP contribution in [0.25, 0.3) is 11.1 Å². The van der Waals surface area contributed by atoms with Crippen LogP contribution in [0.15, 0.2) is 53.1 Å². The van der Waals surface area contributed by atoms with Gasteiger partial charge in [-0.15, -0.1) is 0 Å². The smallest absolute Gasteiger partial charge is 0.394 e. The summed E-state index contributed by atoms with van der Waals surface area (Å²) >= 11 is 5.97. The van der Waals surface area contributed by atoms with Crippen molar-refractivity contribution in [2.45, 2.75) is 31.8 Å². The molecule has 33 heavy (non-hydrogen) atoms. The zero-order valence-electron chi connectivity index (χ0n) is 17.8. The molecule has 0 radical (unpaired) electrons. The number of carboxylic acids is 1. The minimum Gasteiger partial charge on any atom is -0.480 e. The number of nitrogens with two attached hydrogens (primary N) is 1. The molecule has 0 aliphatic heterocycles. The Balaban J connectivity index is 1.75. The fraction of sp³-hybridized carbons (Fsp3) is 0.261. The molecule has 4 N–H and O–H groups in total. The summed E-state index contributed by atoms with van der Waals surface area (Å²) in [5.41, 5.74) is 7.49. The van der Waals surface area contributed by atoms with E-state index in [1.54, 1.807) is 31.2 Å². The maximum absolute atomic E-state index is 14.1. The van der Waals surface area contributed by atoms with Crippen molar-refractivity contribution in [3.8, 4) is 17.2 Å². The van der Waals surface area contributed by atoms with Crippen LogP contribution in [0.2, 0.25) is 5.02 Å². The van der Waals surface area contributed by atoms with Crippen LogP contribution in [0.5, 0.6) is 6.08 Å². The van der Waals surface area contributed by atoms with Crippen LogP contribution < -0.4 is 15.8 Å². The van der Waals surface area contributed by atoms with Crippen molar-refractivity contribution in [1.82, 2.24) is 10.3 Å². The van der Waals surface area contributed by atoms with E-state index in [1.165, 1.54) is 18.2 Å². The Morgan fingerprint density at radius 2 is 2.00 bits per heavy atom. The zero-order chi connectivity index (χ0) is 24.0. The van der Waals surface area contributed by atoms with Gasteiger partial charge in [0, 0.05) is 16.6 Å². The van der Waals surface area contributed by atoms with Gasteiger partial charge in [-0.05, 0) is 49.1 Å². The van der Waals surface area contributed by atoms with Gasteiger partial charge >= 0.3 is 12.0 Å². The van der Waals surface area contributed by atoms with Crippen molar-refractivity contribution in [2.75, 3.05) is 6.61 Å². The molecule has 0 fully saturated rings. The number of rotatable bonds is 10. The largest absolute Gasteiger partial charge is 0.480 e. The third kappa shape index (κ3) is 6.53. The Hall–Kier alpha value is -3.43. The highest BCUT2D eigenvalue weighted by Gasteiger charge is 2.23. The highest BCUT2D eigenvalue weighted by Crippen LogP contribution is 2.26. The van der Waals surface area contributed by atoms with Gasteiger partial charge in [0.25, 0.3) is 5.91 Å². The van der Waals surface area contributed by atoms with Crippen molar-refractivity contribution >= 4 is 23.5 Å². The van der Waals surface area contributed by atoms with Crippen LogP contribution in [-0.2, 0) is 11.2 Å². The molecule has 0 spiro atoms. The van der Waals surface area contributed by atoms with Gasteiger partial charge in [-0.1, -0.05) is 35.9 Å². The quantitative estimate of drug-likeness (QED) is 0.408. The van der Waals surface area contributed by atoms with Crippen LogP contribution in [-0.4, -0.2) is 40.7 Å². The van der Waals surface area contributed by atoms with E-state index in [2.05, 4.69) is 10.3 Å². The molecule has 174 valence electrons. The van der Waals surface area contributed by atoms with Crippen LogP contribution in [0.3, 0.4) is 0 Å². The van der Waals surface area contributed by atoms with Gasteiger partial charge in [-0.2, -0.15) is 4.98 Å². The second-order valence-electron chi connectivity index (χ2n) is 7.31. The fourth-order valence-corrected chi connectivity index (χ4v) is 3.41. The summed E-state index contributed by atoms with van der Waals surface area (Å²) < 4.78 is 24.3. The summed E-state index contributed by atoms with van der Waals surface area (Å²) in [6.45, 7) is 2.08. The van der Waals surface area contributed by atoms with Crippen molar-refractivity contribution in [1.29, 1.82) is 0 Å². The minimum absolute atomic E-state index is 0.000809. The highest BCUT2D eigenvalue weighted by atomic mass is 35.5. The number of benzene rings is 2. The molecule has 8 nitrogen and oxygen atoms in total. The average molecular weight is 476 g/mol. The summed E-state index contributed by atoms with van der Waals surface area (Å²) in [6, 6.07) is 9.52. The molecule has 3 rings (SSSR count). The molecule has 0 unspecified atom stereocenters. The topological polar surface area (TPSA) is 128 Å². The van der Waals surface area contributed by atoms with Gasteiger partial charge in [-0.25, -0.2) is 4.39 Å². The molecule has 1 amide bonds. The minimum atomic E-state index is -1.18. The molecule has 1 heterocycles. The summed E-state index contributed by atoms with van der Waals surface area (Å²) in [4.78, 5) is 27.8. The Morgan fingerprint density at radius 3 is 2.67 bits per heavy atom. The molecular weight excluding hydrogens is 453 g/mol. The first-order chi connectivity index (χ1) is 15.8. The summed E-state index contributed by atoms with van der Waals surface area (Å²) in [7, 11) is 0. The average Bonchev–Trinajstić information content (AvgIpc) is 3.25. The van der Waals surface area contributed by atoms with Crippen molar-refractivity contribution in [2.24, 2.45) is 5.73 Å². The number of nitrogens with one attached hydrogen (secondary N) is 1. The lowest BCUT2D eigenvalue weighted by Crippen LogP contribution is -2.43. The number of halogens is 2. The highest BCUT2D eigenvalue weighted by molar-refractivity contribution is 6.30. The van der Waals surface area contributed by atoms with E-state index < -0.39 is 29.8 Å². The molecule has 1 aromatic heterocycles. The first-order valence-corrected chi connectivity index (χ1v) is 10.6. The number of nitrogens with zero attached hydrogens (tertiary/aromatic N) is 1. The van der Waals surface area contributed by atoms with Crippen molar-refractivity contribution in [3.63, 3.8) is 0 Å². The molecule has 2 atom stereocenters. The molecular formula is C23H23ClFN3O5. The van der Waals surface area contributed by atoms with Crippen molar-refractivity contribution < 1.29 is 28.2 Å². The van der Waals surface area contributed by atoms with Crippen LogP contribution in [0, 0.1) is 5.82 Å². The van der Waals surface area contributed by atoms with Crippen LogP contribution >= 0.6 is 11.6 Å². The van der Waals surface area contributed by atoms with Gasteiger partial charge < -0.3 is 25.3 Å². The van der Waals surface area contributed by atoms with Crippen LogP contribution in [0.4, 0.5) is 4.39 Å². The number of amides is 1. The normalized spacial score (nSPS) is 12.7. The van der Waals surface area contributed by atoms with E-state index in [-0.39, 0.29) is 18.2 Å².